The number of guanidine groups is 1. The minimum atomic E-state index is -0.426. The van der Waals surface area contributed by atoms with Gasteiger partial charge in [-0.2, -0.15) is 0 Å². The molecule has 1 unspecified atom stereocenters. The Bertz CT molecular complexity index is 624. The number of nitrogens with one attached hydrogen (secondary N) is 1. The van der Waals surface area contributed by atoms with Crippen molar-refractivity contribution in [3.8, 4) is 5.75 Å². The Hall–Kier alpha value is -1.55. The molecule has 1 fully saturated rings. The van der Waals surface area contributed by atoms with Crippen molar-refractivity contribution in [1.82, 2.24) is 10.2 Å². The van der Waals surface area contributed by atoms with Gasteiger partial charge in [0.25, 0.3) is 0 Å². The Morgan fingerprint density at radius 1 is 1.42 bits per heavy atom. The SMILES string of the molecule is CCN1CCCC1CNC(N)=NCc1ccc(C(=O)OC)c(OC)c1.I. The van der Waals surface area contributed by atoms with Crippen molar-refractivity contribution < 1.29 is 14.3 Å². The number of nitrogens with zero attached hydrogens (tertiary/aromatic N) is 2. The van der Waals surface area contributed by atoms with E-state index in [1.54, 1.807) is 12.1 Å². The van der Waals surface area contributed by atoms with E-state index < -0.39 is 5.97 Å². The van der Waals surface area contributed by atoms with Crippen molar-refractivity contribution in [2.24, 2.45) is 10.7 Å². The highest BCUT2D eigenvalue weighted by molar-refractivity contribution is 14.0. The smallest absolute Gasteiger partial charge is 0.341 e. The Morgan fingerprint density at radius 2 is 2.19 bits per heavy atom. The van der Waals surface area contributed by atoms with Crippen molar-refractivity contribution in [3.63, 3.8) is 0 Å². The van der Waals surface area contributed by atoms with E-state index in [4.69, 9.17) is 15.2 Å². The molecule has 1 aliphatic rings. The van der Waals surface area contributed by atoms with Crippen LogP contribution in [0, 0.1) is 0 Å². The number of carbonyl (C=O) groups excluding carboxylic acids is 1. The van der Waals surface area contributed by atoms with Crippen LogP contribution in [0.2, 0.25) is 0 Å². The normalized spacial score (nSPS) is 17.5. The summed E-state index contributed by atoms with van der Waals surface area (Å²) in [5.74, 6) is 0.472. The molecule has 0 saturated carbocycles. The maximum absolute atomic E-state index is 11.7. The number of methoxy groups -OCH3 is 2. The second-order valence-corrected chi connectivity index (χ2v) is 6.03. The van der Waals surface area contributed by atoms with Crippen LogP contribution in [0.3, 0.4) is 0 Å². The molecule has 0 aliphatic carbocycles. The molecule has 1 aromatic carbocycles. The third-order valence-corrected chi connectivity index (χ3v) is 4.53. The highest BCUT2D eigenvalue weighted by atomic mass is 127. The van der Waals surface area contributed by atoms with Crippen LogP contribution in [-0.4, -0.2) is 56.7 Å². The molecule has 7 nitrogen and oxygen atoms in total. The zero-order chi connectivity index (χ0) is 18.2. The summed E-state index contributed by atoms with van der Waals surface area (Å²) in [7, 11) is 2.86. The fourth-order valence-electron chi connectivity index (χ4n) is 3.11. The number of rotatable bonds is 7. The zero-order valence-corrected chi connectivity index (χ0v) is 18.0. The zero-order valence-electron chi connectivity index (χ0n) is 15.7. The van der Waals surface area contributed by atoms with Crippen LogP contribution in [0.1, 0.15) is 35.7 Å². The predicted molar refractivity (Wildman–Crippen MR) is 113 cm³/mol. The number of carbonyl (C=O) groups is 1. The van der Waals surface area contributed by atoms with Crippen LogP contribution < -0.4 is 15.8 Å². The lowest BCUT2D eigenvalue weighted by Gasteiger charge is -2.23. The summed E-state index contributed by atoms with van der Waals surface area (Å²) in [6, 6.07) is 5.80. The lowest BCUT2D eigenvalue weighted by molar-refractivity contribution is 0.0597. The molecule has 1 aromatic rings. The number of halogens is 1. The number of benzene rings is 1. The quantitative estimate of drug-likeness (QED) is 0.271. The van der Waals surface area contributed by atoms with E-state index in [9.17, 15) is 4.79 Å². The molecule has 1 atom stereocenters. The lowest BCUT2D eigenvalue weighted by Crippen LogP contribution is -2.42. The van der Waals surface area contributed by atoms with Gasteiger partial charge in [-0.15, -0.1) is 24.0 Å². The van der Waals surface area contributed by atoms with Crippen LogP contribution in [0.4, 0.5) is 0 Å². The second kappa shape index (κ2) is 11.2. The van der Waals surface area contributed by atoms with Gasteiger partial charge in [0.15, 0.2) is 5.96 Å². The number of likely N-dealkylation sites (N-methyl/N-ethyl adjacent to an activating group) is 1. The van der Waals surface area contributed by atoms with Crippen molar-refractivity contribution in [1.29, 1.82) is 0 Å². The number of hydrogen-bond donors (Lipinski definition) is 2. The summed E-state index contributed by atoms with van der Waals surface area (Å²) >= 11 is 0. The maximum Gasteiger partial charge on any atom is 0.341 e. The van der Waals surface area contributed by atoms with E-state index in [1.807, 2.05) is 6.07 Å². The van der Waals surface area contributed by atoms with E-state index in [1.165, 1.54) is 27.1 Å². The average Bonchev–Trinajstić information content (AvgIpc) is 3.11. The van der Waals surface area contributed by atoms with E-state index in [2.05, 4.69) is 22.1 Å². The number of aliphatic imine (C=N–C) groups is 1. The monoisotopic (exact) mass is 476 g/mol. The summed E-state index contributed by atoms with van der Waals surface area (Å²) in [6.45, 7) is 5.63. The first-order valence-corrected chi connectivity index (χ1v) is 8.62. The first kappa shape index (κ1) is 22.5. The van der Waals surface area contributed by atoms with E-state index in [0.717, 1.165) is 25.2 Å². The highest BCUT2D eigenvalue weighted by Gasteiger charge is 2.22. The van der Waals surface area contributed by atoms with Crippen molar-refractivity contribution in [2.75, 3.05) is 33.9 Å². The van der Waals surface area contributed by atoms with Crippen LogP contribution >= 0.6 is 24.0 Å². The van der Waals surface area contributed by atoms with Crippen molar-refractivity contribution >= 4 is 35.9 Å². The van der Waals surface area contributed by atoms with E-state index in [0.29, 0.717) is 29.9 Å². The van der Waals surface area contributed by atoms with Crippen molar-refractivity contribution in [2.45, 2.75) is 32.4 Å². The topological polar surface area (TPSA) is 89.2 Å². The largest absolute Gasteiger partial charge is 0.496 e. The molecule has 0 spiro atoms. The second-order valence-electron chi connectivity index (χ2n) is 6.03. The van der Waals surface area contributed by atoms with Crippen LogP contribution in [0.25, 0.3) is 0 Å². The molecule has 1 aliphatic heterocycles. The predicted octanol–water partition coefficient (Wildman–Crippen LogP) is 1.99. The number of ether oxygens (including phenoxy) is 2. The Balaban J connectivity index is 0.00000338. The molecule has 0 radical (unpaired) electrons. The maximum atomic E-state index is 11.7. The number of nitrogens with two attached hydrogens (primary N) is 1. The molecular formula is C18H29IN4O3. The van der Waals surface area contributed by atoms with Gasteiger partial charge < -0.3 is 20.5 Å². The molecule has 8 heteroatoms. The summed E-state index contributed by atoms with van der Waals surface area (Å²) in [6.07, 6.45) is 2.43. The first-order valence-electron chi connectivity index (χ1n) is 8.62. The fraction of sp³-hybridized carbons (Fsp3) is 0.556. The molecule has 26 heavy (non-hydrogen) atoms. The van der Waals surface area contributed by atoms with Crippen LogP contribution in [0.15, 0.2) is 23.2 Å². The first-order chi connectivity index (χ1) is 12.1. The number of esters is 1. The molecule has 0 amide bonds. The minimum absolute atomic E-state index is 0. The molecule has 2 rings (SSSR count). The van der Waals surface area contributed by atoms with Crippen LogP contribution in [0.5, 0.6) is 5.75 Å². The van der Waals surface area contributed by atoms with Gasteiger partial charge in [-0.3, -0.25) is 4.90 Å². The van der Waals surface area contributed by atoms with Gasteiger partial charge >= 0.3 is 5.97 Å². The summed E-state index contributed by atoms with van der Waals surface area (Å²) < 4.78 is 9.99. The standard InChI is InChI=1S/C18H28N4O3.HI/c1-4-22-9-5-6-14(22)12-21-18(19)20-11-13-7-8-15(17(23)25-3)16(10-13)24-2;/h7-8,10,14H,4-6,9,11-12H2,1-3H3,(H3,19,20,21);1H. The Morgan fingerprint density at radius 3 is 2.85 bits per heavy atom. The van der Waals surface area contributed by atoms with Gasteiger partial charge in [-0.1, -0.05) is 13.0 Å². The Labute approximate surface area is 172 Å². The molecule has 146 valence electrons. The average molecular weight is 476 g/mol. The van der Waals surface area contributed by atoms with Gasteiger partial charge in [-0.25, -0.2) is 9.79 Å². The fourth-order valence-corrected chi connectivity index (χ4v) is 3.11. The Kier molecular flexibility index (Phi) is 9.71. The van der Waals surface area contributed by atoms with Crippen molar-refractivity contribution in [3.05, 3.63) is 29.3 Å². The molecular weight excluding hydrogens is 447 g/mol. The van der Waals surface area contributed by atoms with Gasteiger partial charge in [-0.05, 0) is 43.6 Å². The summed E-state index contributed by atoms with van der Waals surface area (Å²) in [5, 5.41) is 3.21. The summed E-state index contributed by atoms with van der Waals surface area (Å²) in [4.78, 5) is 18.5. The van der Waals surface area contributed by atoms with Gasteiger partial charge in [0.05, 0.1) is 20.8 Å². The molecule has 0 aromatic heterocycles. The van der Waals surface area contributed by atoms with Gasteiger partial charge in [0, 0.05) is 12.6 Å². The lowest BCUT2D eigenvalue weighted by atomic mass is 10.1. The van der Waals surface area contributed by atoms with Gasteiger partial charge in [0.2, 0.25) is 0 Å². The summed E-state index contributed by atoms with van der Waals surface area (Å²) in [5.41, 5.74) is 7.27. The third kappa shape index (κ3) is 6.01. The van der Waals surface area contributed by atoms with Gasteiger partial charge in [0.1, 0.15) is 11.3 Å². The van der Waals surface area contributed by atoms with E-state index >= 15 is 0 Å². The number of likely N-dealkylation sites (tertiary alicyclic amines) is 1. The molecule has 1 saturated heterocycles. The highest BCUT2D eigenvalue weighted by Crippen LogP contribution is 2.21. The molecule has 1 heterocycles. The van der Waals surface area contributed by atoms with E-state index in [-0.39, 0.29) is 24.0 Å². The third-order valence-electron chi connectivity index (χ3n) is 4.53. The molecule has 0 bridgehead atoms. The molecule has 3 N–H and O–H groups in total. The van der Waals surface area contributed by atoms with Crippen LogP contribution in [-0.2, 0) is 11.3 Å². The number of hydrogen-bond acceptors (Lipinski definition) is 5. The minimum Gasteiger partial charge on any atom is -0.496 e.